The molecule has 1 aromatic rings. The Morgan fingerprint density at radius 3 is 1.97 bits per heavy atom. The van der Waals surface area contributed by atoms with Crippen LogP contribution in [-0.2, 0) is 30.4 Å². The van der Waals surface area contributed by atoms with Crippen molar-refractivity contribution in [3.63, 3.8) is 0 Å². The Hall–Kier alpha value is -4.24. The molecule has 15 nitrogen and oxygen atoms in total. The molecule has 0 aliphatic rings. The van der Waals surface area contributed by atoms with Gasteiger partial charge in [0.2, 0.25) is 23.6 Å². The summed E-state index contributed by atoms with van der Waals surface area (Å²) in [6.45, 7) is -0.702. The zero-order chi connectivity index (χ0) is 28.7. The minimum Gasteiger partial charge on any atom is -0.480 e. The molecule has 1 rings (SSSR count). The van der Waals surface area contributed by atoms with Gasteiger partial charge in [-0.15, -0.1) is 0 Å². The van der Waals surface area contributed by atoms with E-state index in [1.807, 2.05) is 0 Å². The molecule has 15 heteroatoms. The summed E-state index contributed by atoms with van der Waals surface area (Å²) >= 11 is 0. The number of nitrogens with zero attached hydrogens (tertiary/aromatic N) is 1. The smallest absolute Gasteiger partial charge is 0.326 e. The molecule has 210 valence electrons. The van der Waals surface area contributed by atoms with Crippen LogP contribution in [0.2, 0.25) is 0 Å². The third kappa shape index (κ3) is 12.1. The zero-order valence-corrected chi connectivity index (χ0v) is 20.8. The van der Waals surface area contributed by atoms with E-state index in [9.17, 15) is 34.2 Å². The van der Waals surface area contributed by atoms with Crippen molar-refractivity contribution >= 4 is 35.6 Å². The van der Waals surface area contributed by atoms with Crippen LogP contribution < -0.4 is 38.9 Å². The second-order valence-corrected chi connectivity index (χ2v) is 8.45. The van der Waals surface area contributed by atoms with Crippen molar-refractivity contribution in [2.45, 2.75) is 56.3 Å². The van der Waals surface area contributed by atoms with Crippen LogP contribution in [-0.4, -0.2) is 83.1 Å². The van der Waals surface area contributed by atoms with Gasteiger partial charge in [-0.3, -0.25) is 24.2 Å². The minimum atomic E-state index is -1.51. The van der Waals surface area contributed by atoms with Crippen LogP contribution in [0, 0.1) is 0 Å². The lowest BCUT2D eigenvalue weighted by molar-refractivity contribution is -0.142. The number of guanidine groups is 1. The van der Waals surface area contributed by atoms with Crippen molar-refractivity contribution in [3.8, 4) is 0 Å². The van der Waals surface area contributed by atoms with E-state index < -0.39 is 60.4 Å². The van der Waals surface area contributed by atoms with Crippen LogP contribution in [0.5, 0.6) is 0 Å². The summed E-state index contributed by atoms with van der Waals surface area (Å²) in [5, 5.41) is 26.2. The lowest BCUT2D eigenvalue weighted by atomic mass is 10.0. The highest BCUT2D eigenvalue weighted by Gasteiger charge is 2.30. The van der Waals surface area contributed by atoms with Crippen LogP contribution in [0.1, 0.15) is 31.2 Å². The number of carbonyl (C=O) groups is 5. The molecule has 4 unspecified atom stereocenters. The minimum absolute atomic E-state index is 0.0141. The van der Waals surface area contributed by atoms with E-state index in [2.05, 4.69) is 20.9 Å². The third-order valence-electron chi connectivity index (χ3n) is 5.33. The van der Waals surface area contributed by atoms with E-state index in [0.717, 1.165) is 0 Å². The van der Waals surface area contributed by atoms with Crippen LogP contribution in [0.4, 0.5) is 0 Å². The molecule has 0 fully saturated rings. The Morgan fingerprint density at radius 2 is 1.42 bits per heavy atom. The molecule has 4 amide bonds. The van der Waals surface area contributed by atoms with Crippen molar-refractivity contribution in [3.05, 3.63) is 35.9 Å². The summed E-state index contributed by atoms with van der Waals surface area (Å²) in [4.78, 5) is 64.5. The van der Waals surface area contributed by atoms with Gasteiger partial charge >= 0.3 is 5.97 Å². The summed E-state index contributed by atoms with van der Waals surface area (Å²) in [5.41, 5.74) is 22.0. The number of nitrogens with one attached hydrogen (secondary N) is 3. The Bertz CT molecular complexity index is 985. The molecule has 0 aliphatic heterocycles. The molecule has 13 N–H and O–H groups in total. The maximum absolute atomic E-state index is 13.1. The average Bonchev–Trinajstić information content (AvgIpc) is 2.86. The van der Waals surface area contributed by atoms with Gasteiger partial charge in [-0.2, -0.15) is 0 Å². The number of aliphatic hydroxyl groups is 1. The molecule has 0 heterocycles. The zero-order valence-electron chi connectivity index (χ0n) is 20.8. The van der Waals surface area contributed by atoms with Gasteiger partial charge in [-0.05, 0) is 24.8 Å². The van der Waals surface area contributed by atoms with Crippen LogP contribution in [0.3, 0.4) is 0 Å². The molecule has 0 saturated carbocycles. The fourth-order valence-corrected chi connectivity index (χ4v) is 3.27. The first-order valence-corrected chi connectivity index (χ1v) is 11.8. The third-order valence-corrected chi connectivity index (χ3v) is 5.33. The first-order chi connectivity index (χ1) is 17.9. The Balaban J connectivity index is 2.92. The summed E-state index contributed by atoms with van der Waals surface area (Å²) < 4.78 is 0. The highest BCUT2D eigenvalue weighted by atomic mass is 16.4. The first-order valence-electron chi connectivity index (χ1n) is 11.8. The van der Waals surface area contributed by atoms with Crippen molar-refractivity contribution < 1.29 is 34.2 Å². The molecule has 0 aliphatic carbocycles. The predicted octanol–water partition coefficient (Wildman–Crippen LogP) is -3.59. The van der Waals surface area contributed by atoms with Gasteiger partial charge < -0.3 is 49.1 Å². The van der Waals surface area contributed by atoms with E-state index >= 15 is 0 Å². The number of nitrogens with two attached hydrogens (primary N) is 4. The molecular formula is C23H36N8O7. The number of hydrogen-bond acceptors (Lipinski definition) is 8. The van der Waals surface area contributed by atoms with Gasteiger partial charge in [0, 0.05) is 19.4 Å². The number of hydrogen-bond donors (Lipinski definition) is 9. The van der Waals surface area contributed by atoms with Crippen molar-refractivity contribution in [1.82, 2.24) is 16.0 Å². The van der Waals surface area contributed by atoms with Gasteiger partial charge in [0.25, 0.3) is 0 Å². The largest absolute Gasteiger partial charge is 0.480 e. The SMILES string of the molecule is NC(=O)CCC(N)C(=O)NC(Cc1ccccc1)C(=O)NC(CO)C(=O)NC(CCCN=C(N)N)C(=O)O. The summed E-state index contributed by atoms with van der Waals surface area (Å²) in [6, 6.07) is 3.49. The van der Waals surface area contributed by atoms with E-state index in [0.29, 0.717) is 5.56 Å². The maximum atomic E-state index is 13.1. The standard InChI is InChI=1S/C23H36N8O7/c24-14(8-9-18(25)33)19(34)30-16(11-13-5-2-1-3-6-13)20(35)31-17(12-32)21(36)29-15(22(37)38)7-4-10-28-23(26)27/h1-3,5-6,14-17,32H,4,7-12,24H2,(H2,25,33)(H,29,36)(H,30,34)(H,31,35)(H,37,38)(H4,26,27,28). The normalized spacial score (nSPS) is 13.7. The Kier molecular flexibility index (Phi) is 13.8. The second kappa shape index (κ2) is 16.5. The quantitative estimate of drug-likeness (QED) is 0.0535. The summed E-state index contributed by atoms with van der Waals surface area (Å²) in [5.74, 6) is -4.62. The number of aliphatic imine (C=N–C) groups is 1. The van der Waals surface area contributed by atoms with Crippen molar-refractivity contribution in [1.29, 1.82) is 0 Å². The van der Waals surface area contributed by atoms with Crippen LogP contribution >= 0.6 is 0 Å². The molecule has 0 aromatic heterocycles. The van der Waals surface area contributed by atoms with Gasteiger partial charge in [0.1, 0.15) is 18.1 Å². The summed E-state index contributed by atoms with van der Waals surface area (Å²) in [6.07, 6.45) is 0.0748. The van der Waals surface area contributed by atoms with E-state index in [1.165, 1.54) is 0 Å². The Morgan fingerprint density at radius 1 is 0.842 bits per heavy atom. The number of rotatable bonds is 17. The number of carboxylic acids is 1. The predicted molar refractivity (Wildman–Crippen MR) is 137 cm³/mol. The number of amides is 4. The monoisotopic (exact) mass is 536 g/mol. The van der Waals surface area contributed by atoms with Crippen molar-refractivity contribution in [2.24, 2.45) is 27.9 Å². The molecule has 0 saturated heterocycles. The molecule has 0 bridgehead atoms. The van der Waals surface area contributed by atoms with E-state index in [-0.39, 0.29) is 44.6 Å². The topological polar surface area (TPSA) is 278 Å². The second-order valence-electron chi connectivity index (χ2n) is 8.45. The maximum Gasteiger partial charge on any atom is 0.326 e. The van der Waals surface area contributed by atoms with Crippen LogP contribution in [0.15, 0.2) is 35.3 Å². The number of primary amides is 1. The average molecular weight is 537 g/mol. The fourth-order valence-electron chi connectivity index (χ4n) is 3.27. The van der Waals surface area contributed by atoms with Crippen LogP contribution in [0.25, 0.3) is 0 Å². The molecule has 0 radical (unpaired) electrons. The Labute approximate surface area is 219 Å². The molecule has 0 spiro atoms. The molecule has 4 atom stereocenters. The van der Waals surface area contributed by atoms with Gasteiger partial charge in [0.15, 0.2) is 5.96 Å². The number of aliphatic hydroxyl groups excluding tert-OH is 1. The number of carbonyl (C=O) groups excluding carboxylic acids is 4. The molecule has 1 aromatic carbocycles. The number of benzene rings is 1. The van der Waals surface area contributed by atoms with E-state index in [1.54, 1.807) is 30.3 Å². The highest BCUT2D eigenvalue weighted by molar-refractivity contribution is 5.94. The van der Waals surface area contributed by atoms with E-state index in [4.69, 9.17) is 22.9 Å². The molecular weight excluding hydrogens is 500 g/mol. The highest BCUT2D eigenvalue weighted by Crippen LogP contribution is 2.06. The van der Waals surface area contributed by atoms with Gasteiger partial charge in [-0.1, -0.05) is 30.3 Å². The fraction of sp³-hybridized carbons (Fsp3) is 0.478. The molecule has 38 heavy (non-hydrogen) atoms. The number of carboxylic acid groups (broad SMARTS) is 1. The van der Waals surface area contributed by atoms with Crippen molar-refractivity contribution in [2.75, 3.05) is 13.2 Å². The number of aliphatic carboxylic acids is 1. The van der Waals surface area contributed by atoms with Gasteiger partial charge in [0.05, 0.1) is 12.6 Å². The lowest BCUT2D eigenvalue weighted by Gasteiger charge is -2.24. The lowest BCUT2D eigenvalue weighted by Crippen LogP contribution is -2.58. The van der Waals surface area contributed by atoms with Gasteiger partial charge in [-0.25, -0.2) is 4.79 Å². The summed E-state index contributed by atoms with van der Waals surface area (Å²) in [7, 11) is 0. The first kappa shape index (κ1) is 31.8.